The highest BCUT2D eigenvalue weighted by atomic mass is 16.1. The van der Waals surface area contributed by atoms with Crippen LogP contribution in [0, 0.1) is 11.3 Å². The molecule has 0 aromatic carbocycles. The Hall–Kier alpha value is -1.60. The van der Waals surface area contributed by atoms with Crippen LogP contribution in [0.1, 0.15) is 30.7 Å². The van der Waals surface area contributed by atoms with Crippen molar-refractivity contribution in [3.05, 3.63) is 33.2 Å². The summed E-state index contributed by atoms with van der Waals surface area (Å²) in [5.74, 6) is 0. The first-order chi connectivity index (χ1) is 8.71. The Morgan fingerprint density at radius 2 is 2.17 bits per heavy atom. The Morgan fingerprint density at radius 3 is 2.78 bits per heavy atom. The van der Waals surface area contributed by atoms with Gasteiger partial charge in [0.2, 0.25) is 0 Å². The van der Waals surface area contributed by atoms with Crippen LogP contribution in [-0.4, -0.2) is 22.6 Å². The molecule has 96 valence electrons. The van der Waals surface area contributed by atoms with Crippen LogP contribution in [0.25, 0.3) is 0 Å². The monoisotopic (exact) mass is 245 g/mol. The third kappa shape index (κ3) is 2.19. The van der Waals surface area contributed by atoms with Gasteiger partial charge in [-0.1, -0.05) is 6.92 Å². The summed E-state index contributed by atoms with van der Waals surface area (Å²) in [5, 5.41) is 8.80. The van der Waals surface area contributed by atoms with E-state index < -0.39 is 0 Å². The van der Waals surface area contributed by atoms with Crippen LogP contribution in [0.3, 0.4) is 0 Å². The fourth-order valence-corrected chi connectivity index (χ4v) is 2.66. The molecule has 0 saturated heterocycles. The van der Waals surface area contributed by atoms with Crippen molar-refractivity contribution in [2.45, 2.75) is 39.8 Å². The summed E-state index contributed by atoms with van der Waals surface area (Å²) in [6.07, 6.45) is 1.14. The lowest BCUT2D eigenvalue weighted by Gasteiger charge is -2.29. The molecule has 1 aliphatic heterocycles. The summed E-state index contributed by atoms with van der Waals surface area (Å²) in [6.45, 7) is 7.76. The van der Waals surface area contributed by atoms with Gasteiger partial charge in [-0.3, -0.25) is 9.69 Å². The molecular formula is C14H19N3O. The van der Waals surface area contributed by atoms with E-state index in [1.165, 1.54) is 5.56 Å². The lowest BCUT2D eigenvalue weighted by atomic mass is 10.0. The molecule has 0 atom stereocenters. The zero-order valence-electron chi connectivity index (χ0n) is 11.1. The summed E-state index contributed by atoms with van der Waals surface area (Å²) >= 11 is 0. The number of rotatable bonds is 3. The van der Waals surface area contributed by atoms with E-state index in [0.717, 1.165) is 31.7 Å². The summed E-state index contributed by atoms with van der Waals surface area (Å²) in [5.41, 5.74) is 3.03. The predicted octanol–water partition coefficient (Wildman–Crippen LogP) is 1.31. The summed E-state index contributed by atoms with van der Waals surface area (Å²) < 4.78 is 1.84. The van der Waals surface area contributed by atoms with Gasteiger partial charge in [-0.2, -0.15) is 5.26 Å². The lowest BCUT2D eigenvalue weighted by molar-refractivity contribution is 0.261. The Labute approximate surface area is 107 Å². The molecular weight excluding hydrogens is 226 g/mol. The van der Waals surface area contributed by atoms with Crippen LogP contribution in [0.5, 0.6) is 0 Å². The van der Waals surface area contributed by atoms with Gasteiger partial charge in [-0.05, 0) is 25.1 Å². The van der Waals surface area contributed by atoms with Crippen molar-refractivity contribution >= 4 is 0 Å². The Balaban J connectivity index is 2.52. The van der Waals surface area contributed by atoms with Crippen molar-refractivity contribution in [1.29, 1.82) is 5.26 Å². The van der Waals surface area contributed by atoms with E-state index in [-0.39, 0.29) is 12.0 Å². The van der Waals surface area contributed by atoms with E-state index >= 15 is 0 Å². The van der Waals surface area contributed by atoms with Crippen molar-refractivity contribution in [2.75, 3.05) is 13.1 Å². The van der Waals surface area contributed by atoms with E-state index in [9.17, 15) is 4.79 Å². The molecule has 1 aromatic heterocycles. The first-order valence-corrected chi connectivity index (χ1v) is 6.55. The molecule has 0 saturated carbocycles. The van der Waals surface area contributed by atoms with Gasteiger partial charge in [-0.25, -0.2) is 0 Å². The molecule has 0 unspecified atom stereocenters. The molecule has 0 bridgehead atoms. The topological polar surface area (TPSA) is 49.0 Å². The number of hydrogen-bond donors (Lipinski definition) is 0. The summed E-state index contributed by atoms with van der Waals surface area (Å²) in [6, 6.07) is 4.02. The second kappa shape index (κ2) is 5.36. The average molecular weight is 245 g/mol. The van der Waals surface area contributed by atoms with Crippen LogP contribution in [0.2, 0.25) is 0 Å². The van der Waals surface area contributed by atoms with E-state index in [1.807, 2.05) is 17.6 Å². The highest BCUT2D eigenvalue weighted by Gasteiger charge is 2.20. The maximum Gasteiger partial charge on any atom is 0.255 e. The fourth-order valence-electron chi connectivity index (χ4n) is 2.66. The van der Waals surface area contributed by atoms with E-state index in [4.69, 9.17) is 5.26 Å². The number of nitriles is 1. The molecule has 0 aliphatic carbocycles. The van der Waals surface area contributed by atoms with Gasteiger partial charge in [0.05, 0.1) is 12.5 Å². The van der Waals surface area contributed by atoms with Gasteiger partial charge < -0.3 is 4.57 Å². The number of fused-ring (bicyclic) bond motifs is 1. The Kier molecular flexibility index (Phi) is 3.83. The van der Waals surface area contributed by atoms with Crippen molar-refractivity contribution < 1.29 is 0 Å². The first kappa shape index (κ1) is 12.8. The fraction of sp³-hybridized carbons (Fsp3) is 0.571. The highest BCUT2D eigenvalue weighted by molar-refractivity contribution is 5.30. The van der Waals surface area contributed by atoms with Crippen LogP contribution in [0.15, 0.2) is 10.9 Å². The zero-order valence-corrected chi connectivity index (χ0v) is 11.1. The van der Waals surface area contributed by atoms with Crippen molar-refractivity contribution in [3.8, 4) is 6.07 Å². The van der Waals surface area contributed by atoms with E-state index in [2.05, 4.69) is 17.9 Å². The van der Waals surface area contributed by atoms with E-state index in [1.54, 1.807) is 0 Å². The standard InChI is InChI=1S/C14H19N3O/c1-3-16-8-6-13-12(10-16)9-11(5-7-15)14(18)17(13)4-2/h9H,3-6,8,10H2,1-2H3. The number of nitrogens with zero attached hydrogens (tertiary/aromatic N) is 3. The smallest absolute Gasteiger partial charge is 0.255 e. The largest absolute Gasteiger partial charge is 0.312 e. The van der Waals surface area contributed by atoms with Crippen LogP contribution in [0.4, 0.5) is 0 Å². The molecule has 4 nitrogen and oxygen atoms in total. The van der Waals surface area contributed by atoms with Crippen LogP contribution in [-0.2, 0) is 25.9 Å². The SMILES string of the molecule is CCN1CCc2c(cc(CC#N)c(=O)n2CC)C1. The summed E-state index contributed by atoms with van der Waals surface area (Å²) in [4.78, 5) is 14.6. The molecule has 0 spiro atoms. The minimum atomic E-state index is 0.0164. The van der Waals surface area contributed by atoms with E-state index in [0.29, 0.717) is 12.1 Å². The van der Waals surface area contributed by atoms with Gasteiger partial charge >= 0.3 is 0 Å². The molecule has 0 N–H and O–H groups in total. The highest BCUT2D eigenvalue weighted by Crippen LogP contribution is 2.18. The minimum absolute atomic E-state index is 0.0164. The number of likely N-dealkylation sites (N-methyl/N-ethyl adjacent to an activating group) is 1. The molecule has 18 heavy (non-hydrogen) atoms. The van der Waals surface area contributed by atoms with Crippen molar-refractivity contribution in [3.63, 3.8) is 0 Å². The predicted molar refractivity (Wildman–Crippen MR) is 70.3 cm³/mol. The zero-order chi connectivity index (χ0) is 13.1. The van der Waals surface area contributed by atoms with Gasteiger partial charge in [-0.15, -0.1) is 0 Å². The second-order valence-corrected chi connectivity index (χ2v) is 4.64. The molecule has 0 fully saturated rings. The Morgan fingerprint density at radius 1 is 1.39 bits per heavy atom. The molecule has 0 radical (unpaired) electrons. The van der Waals surface area contributed by atoms with Gasteiger partial charge in [0.25, 0.3) is 5.56 Å². The molecule has 2 rings (SSSR count). The van der Waals surface area contributed by atoms with Gasteiger partial charge in [0, 0.05) is 37.3 Å². The quantitative estimate of drug-likeness (QED) is 0.806. The Bertz CT molecular complexity index is 539. The van der Waals surface area contributed by atoms with Gasteiger partial charge in [0.1, 0.15) is 0 Å². The molecule has 0 amide bonds. The molecule has 1 aromatic rings. The number of hydrogen-bond acceptors (Lipinski definition) is 3. The third-order valence-corrected chi connectivity index (χ3v) is 3.66. The molecule has 4 heteroatoms. The van der Waals surface area contributed by atoms with Crippen molar-refractivity contribution in [1.82, 2.24) is 9.47 Å². The second-order valence-electron chi connectivity index (χ2n) is 4.64. The molecule has 1 aliphatic rings. The maximum absolute atomic E-state index is 12.2. The first-order valence-electron chi connectivity index (χ1n) is 6.55. The van der Waals surface area contributed by atoms with Crippen molar-refractivity contribution in [2.24, 2.45) is 0 Å². The van der Waals surface area contributed by atoms with Crippen LogP contribution < -0.4 is 5.56 Å². The molecule has 2 heterocycles. The normalized spacial score (nSPS) is 15.2. The average Bonchev–Trinajstić information content (AvgIpc) is 2.39. The maximum atomic E-state index is 12.2. The number of pyridine rings is 1. The minimum Gasteiger partial charge on any atom is -0.312 e. The third-order valence-electron chi connectivity index (χ3n) is 3.66. The summed E-state index contributed by atoms with van der Waals surface area (Å²) in [7, 11) is 0. The van der Waals surface area contributed by atoms with Crippen LogP contribution >= 0.6 is 0 Å². The number of aromatic nitrogens is 1. The lowest BCUT2D eigenvalue weighted by Crippen LogP contribution is -2.36. The van der Waals surface area contributed by atoms with Gasteiger partial charge in [0.15, 0.2) is 0 Å².